The Hall–Kier alpha value is -5.14. The summed E-state index contributed by atoms with van der Waals surface area (Å²) < 4.78 is 52.8. The predicted molar refractivity (Wildman–Crippen MR) is 143 cm³/mol. The lowest BCUT2D eigenvalue weighted by atomic mass is 9.92. The molecule has 0 aliphatic rings. The SMILES string of the molecule is COc1cc2nccc(Oc3ccc(NC(=O)Nc4cc(C(C)(C)C)[nH]n4)c(C(F)(F)F)c3)c2cc1C(=O)C(N)=O. The van der Waals surface area contributed by atoms with Crippen LogP contribution in [0.5, 0.6) is 17.2 Å². The van der Waals surface area contributed by atoms with Crippen LogP contribution in [-0.2, 0) is 16.4 Å². The molecule has 2 heterocycles. The maximum absolute atomic E-state index is 14.0. The number of carbonyl (C=O) groups is 3. The van der Waals surface area contributed by atoms with Crippen LogP contribution in [0.3, 0.4) is 0 Å². The molecular weight excluding hydrogens is 545 g/mol. The average molecular weight is 571 g/mol. The van der Waals surface area contributed by atoms with Crippen molar-refractivity contribution in [1.82, 2.24) is 15.2 Å². The highest BCUT2D eigenvalue weighted by Gasteiger charge is 2.35. The maximum Gasteiger partial charge on any atom is 0.418 e. The Morgan fingerprint density at radius 2 is 1.71 bits per heavy atom. The first-order valence-corrected chi connectivity index (χ1v) is 12.0. The Bertz CT molecular complexity index is 1660. The number of methoxy groups -OCH3 is 1. The normalized spacial score (nSPS) is 11.7. The Balaban J connectivity index is 1.64. The van der Waals surface area contributed by atoms with Crippen LogP contribution < -0.4 is 25.8 Å². The van der Waals surface area contributed by atoms with Crippen LogP contribution in [0, 0.1) is 0 Å². The number of alkyl halides is 3. The van der Waals surface area contributed by atoms with Crippen molar-refractivity contribution in [3.63, 3.8) is 0 Å². The number of aromatic nitrogens is 3. The fourth-order valence-corrected chi connectivity index (χ4v) is 3.81. The molecule has 5 N–H and O–H groups in total. The number of halogens is 3. The molecule has 0 aliphatic heterocycles. The van der Waals surface area contributed by atoms with Crippen molar-refractivity contribution in [3.8, 4) is 17.2 Å². The van der Waals surface area contributed by atoms with Gasteiger partial charge in [0.05, 0.1) is 29.4 Å². The first-order valence-electron chi connectivity index (χ1n) is 12.0. The van der Waals surface area contributed by atoms with E-state index in [0.29, 0.717) is 6.07 Å². The number of pyridine rings is 1. The molecule has 0 bridgehead atoms. The van der Waals surface area contributed by atoms with Crippen molar-refractivity contribution in [2.24, 2.45) is 5.73 Å². The van der Waals surface area contributed by atoms with Crippen molar-refractivity contribution in [1.29, 1.82) is 0 Å². The molecule has 3 amide bonds. The second kappa shape index (κ2) is 10.8. The summed E-state index contributed by atoms with van der Waals surface area (Å²) in [6.45, 7) is 5.78. The third-order valence-electron chi connectivity index (χ3n) is 5.89. The molecule has 2 aromatic heterocycles. The average Bonchev–Trinajstić information content (AvgIpc) is 3.37. The van der Waals surface area contributed by atoms with E-state index in [9.17, 15) is 27.6 Å². The number of fused-ring (bicyclic) bond motifs is 1. The zero-order valence-electron chi connectivity index (χ0n) is 22.3. The Labute approximate surface area is 231 Å². The number of nitrogens with zero attached hydrogens (tertiary/aromatic N) is 2. The summed E-state index contributed by atoms with van der Waals surface area (Å²) in [5, 5.41) is 11.5. The minimum Gasteiger partial charge on any atom is -0.496 e. The van der Waals surface area contributed by atoms with E-state index in [4.69, 9.17) is 15.2 Å². The molecule has 4 rings (SSSR count). The van der Waals surface area contributed by atoms with Gasteiger partial charge >= 0.3 is 12.2 Å². The van der Waals surface area contributed by atoms with E-state index < -0.39 is 35.1 Å². The number of rotatable bonds is 7. The molecule has 0 radical (unpaired) electrons. The number of urea groups is 1. The highest BCUT2D eigenvalue weighted by Crippen LogP contribution is 2.39. The number of aromatic amines is 1. The summed E-state index contributed by atoms with van der Waals surface area (Å²) in [6, 6.07) is 7.63. The van der Waals surface area contributed by atoms with Crippen molar-refractivity contribution in [3.05, 3.63) is 65.5 Å². The van der Waals surface area contributed by atoms with Gasteiger partial charge in [-0.15, -0.1) is 0 Å². The van der Waals surface area contributed by atoms with Crippen molar-refractivity contribution >= 4 is 40.1 Å². The van der Waals surface area contributed by atoms with E-state index in [2.05, 4.69) is 25.8 Å². The molecule has 214 valence electrons. The number of anilines is 2. The number of nitrogens with one attached hydrogen (secondary N) is 3. The number of amides is 3. The number of ketones is 1. The van der Waals surface area contributed by atoms with Gasteiger partial charge in [0.25, 0.3) is 11.7 Å². The standard InChI is InChI=1S/C27H25F3N6O5/c1-26(2,3)21-12-22(36-35-21)34-25(39)33-17-6-5-13(9-16(17)27(28,29)30)41-19-7-8-32-18-11-20(40-4)15(10-14(18)19)23(37)24(31)38/h5-12H,1-4H3,(H2,31,38)(H3,33,34,35,36,39). The van der Waals surface area contributed by atoms with E-state index in [1.807, 2.05) is 20.8 Å². The molecule has 0 aliphatic carbocycles. The second-order valence-electron chi connectivity index (χ2n) is 9.88. The summed E-state index contributed by atoms with van der Waals surface area (Å²) >= 11 is 0. The van der Waals surface area contributed by atoms with Gasteiger partial charge in [-0.3, -0.25) is 25.0 Å². The summed E-state index contributed by atoms with van der Waals surface area (Å²) in [5.41, 5.74) is 3.98. The Morgan fingerprint density at radius 1 is 0.976 bits per heavy atom. The van der Waals surface area contributed by atoms with E-state index in [-0.39, 0.29) is 44.9 Å². The fourth-order valence-electron chi connectivity index (χ4n) is 3.81. The van der Waals surface area contributed by atoms with Gasteiger partial charge in [0.2, 0.25) is 0 Å². The Kier molecular flexibility index (Phi) is 7.59. The third-order valence-corrected chi connectivity index (χ3v) is 5.89. The molecule has 0 spiro atoms. The van der Waals surface area contributed by atoms with Crippen LogP contribution in [0.15, 0.2) is 48.7 Å². The number of H-pyrrole nitrogens is 1. The van der Waals surface area contributed by atoms with Crippen LogP contribution in [-0.4, -0.2) is 40.0 Å². The molecule has 2 aromatic carbocycles. The number of ether oxygens (including phenoxy) is 2. The topological polar surface area (TPSA) is 161 Å². The molecule has 0 saturated carbocycles. The summed E-state index contributed by atoms with van der Waals surface area (Å²) in [7, 11) is 1.28. The van der Waals surface area contributed by atoms with E-state index in [0.717, 1.165) is 11.8 Å². The quantitative estimate of drug-likeness (QED) is 0.171. The van der Waals surface area contributed by atoms with Gasteiger partial charge < -0.3 is 20.5 Å². The highest BCUT2D eigenvalue weighted by atomic mass is 19.4. The third kappa shape index (κ3) is 6.37. The summed E-state index contributed by atoms with van der Waals surface area (Å²) in [6.07, 6.45) is -3.51. The number of Topliss-reactive ketones (excluding diaryl/α,β-unsaturated/α-hetero) is 1. The van der Waals surface area contributed by atoms with E-state index in [1.165, 1.54) is 37.6 Å². The van der Waals surface area contributed by atoms with E-state index >= 15 is 0 Å². The predicted octanol–water partition coefficient (Wildman–Crippen LogP) is 5.39. The molecule has 0 fully saturated rings. The Morgan fingerprint density at radius 3 is 2.32 bits per heavy atom. The van der Waals surface area contributed by atoms with Crippen molar-refractivity contribution in [2.45, 2.75) is 32.4 Å². The van der Waals surface area contributed by atoms with Gasteiger partial charge in [-0.05, 0) is 30.3 Å². The molecule has 0 atom stereocenters. The van der Waals surface area contributed by atoms with Crippen LogP contribution in [0.4, 0.5) is 29.5 Å². The molecule has 4 aromatic rings. The van der Waals surface area contributed by atoms with Gasteiger partial charge in [-0.2, -0.15) is 18.3 Å². The molecule has 14 heteroatoms. The van der Waals surface area contributed by atoms with Crippen LogP contribution in [0.1, 0.15) is 42.4 Å². The smallest absolute Gasteiger partial charge is 0.418 e. The second-order valence-corrected chi connectivity index (χ2v) is 9.88. The van der Waals surface area contributed by atoms with Crippen molar-refractivity contribution < 1.29 is 37.0 Å². The minimum absolute atomic E-state index is 0.0310. The fraction of sp³-hybridized carbons (Fsp3) is 0.222. The number of primary amides is 1. The van der Waals surface area contributed by atoms with Crippen LogP contribution in [0.2, 0.25) is 0 Å². The highest BCUT2D eigenvalue weighted by molar-refractivity contribution is 6.43. The largest absolute Gasteiger partial charge is 0.496 e. The van der Waals surface area contributed by atoms with Gasteiger partial charge in [-0.25, -0.2) is 4.79 Å². The van der Waals surface area contributed by atoms with Gasteiger partial charge in [0.15, 0.2) is 5.82 Å². The number of benzene rings is 2. The van der Waals surface area contributed by atoms with Crippen LogP contribution in [0.25, 0.3) is 10.9 Å². The zero-order chi connectivity index (χ0) is 30.1. The first kappa shape index (κ1) is 28.9. The number of hydrogen-bond acceptors (Lipinski definition) is 7. The molecule has 0 unspecified atom stereocenters. The van der Waals surface area contributed by atoms with Gasteiger partial charge in [-0.1, -0.05) is 20.8 Å². The monoisotopic (exact) mass is 570 g/mol. The van der Waals surface area contributed by atoms with Gasteiger partial charge in [0, 0.05) is 34.8 Å². The van der Waals surface area contributed by atoms with Crippen molar-refractivity contribution in [2.75, 3.05) is 17.7 Å². The lowest BCUT2D eigenvalue weighted by Gasteiger charge is -2.16. The molecule has 0 saturated heterocycles. The minimum atomic E-state index is -4.86. The van der Waals surface area contributed by atoms with E-state index in [1.54, 1.807) is 6.07 Å². The summed E-state index contributed by atoms with van der Waals surface area (Å²) in [5.74, 6) is -2.28. The number of hydrogen-bond donors (Lipinski definition) is 4. The molecule has 41 heavy (non-hydrogen) atoms. The molecule has 11 nitrogen and oxygen atoms in total. The van der Waals surface area contributed by atoms with Gasteiger partial charge in [0.1, 0.15) is 17.2 Å². The lowest BCUT2D eigenvalue weighted by Crippen LogP contribution is -2.23. The zero-order valence-corrected chi connectivity index (χ0v) is 22.3. The van der Waals surface area contributed by atoms with Crippen LogP contribution >= 0.6 is 0 Å². The number of nitrogens with two attached hydrogens (primary N) is 1. The summed E-state index contributed by atoms with van der Waals surface area (Å²) in [4.78, 5) is 40.4. The maximum atomic E-state index is 14.0. The first-order chi connectivity index (χ1) is 19.2. The lowest BCUT2D eigenvalue weighted by molar-refractivity contribution is -0.137. The molecular formula is C27H25F3N6O5. The number of carbonyl (C=O) groups excluding carboxylic acids is 3.